The molecule has 1 heterocycles. The fourth-order valence-electron chi connectivity index (χ4n) is 3.04. The number of aromatic nitrogens is 1. The molecule has 0 saturated heterocycles. The number of hydrogen-bond donors (Lipinski definition) is 0. The fourth-order valence-corrected chi connectivity index (χ4v) is 3.04. The predicted octanol–water partition coefficient (Wildman–Crippen LogP) is 5.22. The first kappa shape index (κ1) is 19.4. The molecule has 0 spiro atoms. The Hall–Kier alpha value is -3.93. The maximum atomic E-state index is 13.3. The normalized spacial score (nSPS) is 10.7. The Kier molecular flexibility index (Phi) is 5.30. The van der Waals surface area contributed by atoms with Gasteiger partial charge in [0, 0.05) is 16.5 Å². The second kappa shape index (κ2) is 8.21. The number of halogens is 2. The Balaban J connectivity index is 1.63. The molecule has 148 valence electrons. The molecule has 6 heteroatoms. The summed E-state index contributed by atoms with van der Waals surface area (Å²) in [6, 6.07) is 19.4. The summed E-state index contributed by atoms with van der Waals surface area (Å²) in [5.74, 6) is -1.97. The molecule has 0 aliphatic carbocycles. The first-order chi connectivity index (χ1) is 14.5. The molecule has 0 unspecified atom stereocenters. The minimum atomic E-state index is -0.688. The highest BCUT2D eigenvalue weighted by Gasteiger charge is 2.17. The van der Waals surface area contributed by atoms with Crippen molar-refractivity contribution in [1.82, 2.24) is 4.98 Å². The molecule has 4 aromatic rings. The summed E-state index contributed by atoms with van der Waals surface area (Å²) in [6.07, 6.45) is 0. The van der Waals surface area contributed by atoms with Crippen LogP contribution in [0.15, 0.2) is 78.9 Å². The lowest BCUT2D eigenvalue weighted by Gasteiger charge is -2.10. The lowest BCUT2D eigenvalue weighted by molar-refractivity contribution is 0.0476. The van der Waals surface area contributed by atoms with E-state index in [2.05, 4.69) is 4.98 Å². The highest BCUT2D eigenvalue weighted by molar-refractivity contribution is 6.06. The van der Waals surface area contributed by atoms with E-state index in [1.54, 1.807) is 42.5 Å². The number of nitrogens with zero attached hydrogens (tertiary/aromatic N) is 1. The average molecular weight is 403 g/mol. The van der Waals surface area contributed by atoms with E-state index in [0.29, 0.717) is 22.2 Å². The highest BCUT2D eigenvalue weighted by Crippen LogP contribution is 2.25. The molecular formula is C24H15F2NO3. The Bertz CT molecular complexity index is 1240. The minimum Gasteiger partial charge on any atom is -0.454 e. The van der Waals surface area contributed by atoms with Crippen molar-refractivity contribution >= 4 is 22.7 Å². The number of ether oxygens (including phenoxy) is 1. The van der Waals surface area contributed by atoms with Crippen molar-refractivity contribution in [3.8, 4) is 11.3 Å². The Morgan fingerprint density at radius 2 is 1.47 bits per heavy atom. The van der Waals surface area contributed by atoms with Gasteiger partial charge in [0.15, 0.2) is 12.4 Å². The summed E-state index contributed by atoms with van der Waals surface area (Å²) in [4.78, 5) is 29.5. The van der Waals surface area contributed by atoms with Crippen LogP contribution in [0.4, 0.5) is 8.78 Å². The lowest BCUT2D eigenvalue weighted by atomic mass is 10.0. The molecule has 0 bridgehead atoms. The van der Waals surface area contributed by atoms with E-state index in [0.717, 1.165) is 0 Å². The second-order valence-corrected chi connectivity index (χ2v) is 6.59. The predicted molar refractivity (Wildman–Crippen MR) is 108 cm³/mol. The maximum Gasteiger partial charge on any atom is 0.339 e. The molecule has 0 amide bonds. The molecule has 0 radical (unpaired) electrons. The fraction of sp³-hybridized carbons (Fsp3) is 0.0417. The number of ketones is 1. The summed E-state index contributed by atoms with van der Waals surface area (Å²) in [5.41, 5.74) is 2.17. The summed E-state index contributed by atoms with van der Waals surface area (Å²) in [7, 11) is 0. The van der Waals surface area contributed by atoms with Crippen molar-refractivity contribution in [3.05, 3.63) is 102 Å². The molecule has 4 rings (SSSR count). The lowest BCUT2D eigenvalue weighted by Crippen LogP contribution is -2.15. The van der Waals surface area contributed by atoms with Crippen LogP contribution in [0.25, 0.3) is 22.2 Å². The largest absolute Gasteiger partial charge is 0.454 e. The zero-order valence-electron chi connectivity index (χ0n) is 15.6. The van der Waals surface area contributed by atoms with Gasteiger partial charge in [0.05, 0.1) is 16.8 Å². The third-order valence-electron chi connectivity index (χ3n) is 4.58. The number of carbonyl (C=O) groups excluding carboxylic acids is 2. The minimum absolute atomic E-state index is 0.242. The number of carbonyl (C=O) groups is 2. The van der Waals surface area contributed by atoms with Gasteiger partial charge in [-0.15, -0.1) is 0 Å². The first-order valence-corrected chi connectivity index (χ1v) is 9.13. The summed E-state index contributed by atoms with van der Waals surface area (Å²) in [5, 5.41) is 0.572. The van der Waals surface area contributed by atoms with Gasteiger partial charge >= 0.3 is 5.97 Å². The molecule has 1 aromatic heterocycles. The van der Waals surface area contributed by atoms with Gasteiger partial charge in [0.2, 0.25) is 0 Å². The van der Waals surface area contributed by atoms with Crippen LogP contribution in [0.3, 0.4) is 0 Å². The number of esters is 1. The Labute approximate surface area is 170 Å². The molecule has 0 saturated carbocycles. The van der Waals surface area contributed by atoms with Crippen LogP contribution in [0, 0.1) is 11.6 Å². The van der Waals surface area contributed by atoms with Crippen LogP contribution in [0.5, 0.6) is 0 Å². The summed E-state index contributed by atoms with van der Waals surface area (Å²) in [6.45, 7) is -0.479. The van der Waals surface area contributed by atoms with Gasteiger partial charge in [-0.3, -0.25) is 4.79 Å². The molecule has 0 atom stereocenters. The quantitative estimate of drug-likeness (QED) is 0.339. The monoisotopic (exact) mass is 403 g/mol. The van der Waals surface area contributed by atoms with Crippen LogP contribution in [0.2, 0.25) is 0 Å². The van der Waals surface area contributed by atoms with E-state index in [1.807, 2.05) is 0 Å². The first-order valence-electron chi connectivity index (χ1n) is 9.13. The third kappa shape index (κ3) is 4.07. The number of rotatable bonds is 5. The molecule has 30 heavy (non-hydrogen) atoms. The average Bonchev–Trinajstić information content (AvgIpc) is 2.77. The van der Waals surface area contributed by atoms with Crippen molar-refractivity contribution < 1.29 is 23.1 Å². The van der Waals surface area contributed by atoms with Crippen molar-refractivity contribution in [2.24, 2.45) is 0 Å². The molecule has 4 nitrogen and oxygen atoms in total. The number of hydrogen-bond acceptors (Lipinski definition) is 4. The van der Waals surface area contributed by atoms with E-state index < -0.39 is 24.2 Å². The van der Waals surface area contributed by atoms with E-state index >= 15 is 0 Å². The van der Waals surface area contributed by atoms with Gasteiger partial charge in [-0.25, -0.2) is 18.6 Å². The number of fused-ring (bicyclic) bond motifs is 1. The van der Waals surface area contributed by atoms with Gasteiger partial charge in [-0.1, -0.05) is 18.2 Å². The van der Waals surface area contributed by atoms with Gasteiger partial charge < -0.3 is 4.74 Å². The molecule has 3 aromatic carbocycles. The van der Waals surface area contributed by atoms with Crippen LogP contribution in [-0.4, -0.2) is 23.3 Å². The maximum absolute atomic E-state index is 13.3. The van der Waals surface area contributed by atoms with Crippen molar-refractivity contribution in [3.63, 3.8) is 0 Å². The molecule has 0 N–H and O–H groups in total. The number of Topliss-reactive ketones (excluding diaryl/α,β-unsaturated/α-hetero) is 1. The third-order valence-corrected chi connectivity index (χ3v) is 4.58. The molecular weight excluding hydrogens is 388 g/mol. The van der Waals surface area contributed by atoms with E-state index in [1.165, 1.54) is 36.4 Å². The number of benzene rings is 3. The van der Waals surface area contributed by atoms with Crippen molar-refractivity contribution in [2.45, 2.75) is 0 Å². The van der Waals surface area contributed by atoms with Gasteiger partial charge in [0.1, 0.15) is 11.6 Å². The van der Waals surface area contributed by atoms with Crippen LogP contribution < -0.4 is 0 Å². The Morgan fingerprint density at radius 1 is 0.833 bits per heavy atom. The number of para-hydroxylation sites is 1. The zero-order valence-corrected chi connectivity index (χ0v) is 15.6. The molecule has 0 aliphatic heterocycles. The standard InChI is InChI=1S/C24H15F2NO3/c25-17-9-5-15(6-10-17)22-13-20(19-3-1-2-4-21(19)27-22)24(29)30-14-23(28)16-7-11-18(26)12-8-16/h1-13H,14H2. The second-order valence-electron chi connectivity index (χ2n) is 6.59. The van der Waals surface area contributed by atoms with E-state index in [-0.39, 0.29) is 16.9 Å². The van der Waals surface area contributed by atoms with Crippen LogP contribution >= 0.6 is 0 Å². The van der Waals surface area contributed by atoms with Gasteiger partial charge in [0.25, 0.3) is 0 Å². The zero-order chi connectivity index (χ0) is 21.1. The van der Waals surface area contributed by atoms with Crippen molar-refractivity contribution in [2.75, 3.05) is 6.61 Å². The van der Waals surface area contributed by atoms with Crippen molar-refractivity contribution in [1.29, 1.82) is 0 Å². The van der Waals surface area contributed by atoms with Gasteiger partial charge in [-0.2, -0.15) is 0 Å². The highest BCUT2D eigenvalue weighted by atomic mass is 19.1. The SMILES string of the molecule is O=C(COC(=O)c1cc(-c2ccc(F)cc2)nc2ccccc12)c1ccc(F)cc1. The summed E-state index contributed by atoms with van der Waals surface area (Å²) >= 11 is 0. The molecule has 0 fully saturated rings. The van der Waals surface area contributed by atoms with Crippen LogP contribution in [0.1, 0.15) is 20.7 Å². The topological polar surface area (TPSA) is 56.3 Å². The molecule has 0 aliphatic rings. The van der Waals surface area contributed by atoms with Gasteiger partial charge in [-0.05, 0) is 60.7 Å². The van der Waals surface area contributed by atoms with E-state index in [9.17, 15) is 18.4 Å². The summed E-state index contributed by atoms with van der Waals surface area (Å²) < 4.78 is 31.5. The smallest absolute Gasteiger partial charge is 0.339 e. The van der Waals surface area contributed by atoms with Crippen LogP contribution in [-0.2, 0) is 4.74 Å². The van der Waals surface area contributed by atoms with E-state index in [4.69, 9.17) is 4.74 Å². The Morgan fingerprint density at radius 3 is 2.17 bits per heavy atom. The number of pyridine rings is 1.